The molecule has 1 aliphatic rings. The van der Waals surface area contributed by atoms with Crippen molar-refractivity contribution in [2.24, 2.45) is 0 Å². The highest BCUT2D eigenvalue weighted by molar-refractivity contribution is 6.29. The van der Waals surface area contributed by atoms with Crippen LogP contribution in [0.1, 0.15) is 49.3 Å². The Hall–Kier alpha value is -2.67. The number of ether oxygens (including phenoxy) is 1. The first-order valence-corrected chi connectivity index (χ1v) is 10.2. The number of carbonyl (C=O) groups is 2. The van der Waals surface area contributed by atoms with Gasteiger partial charge in [0.05, 0.1) is 6.04 Å². The van der Waals surface area contributed by atoms with Crippen molar-refractivity contribution in [3.63, 3.8) is 0 Å². The van der Waals surface area contributed by atoms with Gasteiger partial charge in [-0.15, -0.1) is 11.6 Å². The van der Waals surface area contributed by atoms with E-state index in [0.717, 1.165) is 5.56 Å². The van der Waals surface area contributed by atoms with Crippen LogP contribution in [0.5, 0.6) is 5.88 Å². The molecule has 0 saturated heterocycles. The molecule has 8 heteroatoms. The second-order valence-electron chi connectivity index (χ2n) is 8.39. The smallest absolute Gasteiger partial charge is 0.270 e. The number of nitrogens with one attached hydrogen (secondary N) is 1. The fourth-order valence-electron chi connectivity index (χ4n) is 3.31. The van der Waals surface area contributed by atoms with Gasteiger partial charge in [0.1, 0.15) is 29.7 Å². The van der Waals surface area contributed by atoms with Crippen LogP contribution in [0.25, 0.3) is 0 Å². The summed E-state index contributed by atoms with van der Waals surface area (Å²) in [5.41, 5.74) is 1.64. The molecule has 2 amide bonds. The summed E-state index contributed by atoms with van der Waals surface area (Å²) in [6.45, 7) is 7.74. The molecule has 0 fully saturated rings. The van der Waals surface area contributed by atoms with E-state index in [1.165, 1.54) is 12.1 Å². The van der Waals surface area contributed by atoms with Crippen molar-refractivity contribution in [3.05, 3.63) is 53.0 Å². The highest BCUT2D eigenvalue weighted by atomic mass is 35.5. The summed E-state index contributed by atoms with van der Waals surface area (Å²) >= 11 is 5.80. The van der Waals surface area contributed by atoms with E-state index in [4.69, 9.17) is 16.3 Å². The average molecular weight is 434 g/mol. The first-order chi connectivity index (χ1) is 14.1. The molecule has 1 aromatic heterocycles. The molecule has 0 unspecified atom stereocenters. The molecule has 0 spiro atoms. The monoisotopic (exact) mass is 433 g/mol. The van der Waals surface area contributed by atoms with Gasteiger partial charge in [-0.3, -0.25) is 9.59 Å². The third-order valence-corrected chi connectivity index (χ3v) is 4.83. The second kappa shape index (κ2) is 8.60. The zero-order chi connectivity index (χ0) is 22.1. The number of hydrogen-bond acceptors (Lipinski definition) is 4. The molecular formula is C22H25ClFN3O3. The number of amides is 2. The molecule has 1 atom stereocenters. The summed E-state index contributed by atoms with van der Waals surface area (Å²) in [5.74, 6) is -0.916. The van der Waals surface area contributed by atoms with Gasteiger partial charge in [-0.1, -0.05) is 12.1 Å². The van der Waals surface area contributed by atoms with Crippen molar-refractivity contribution in [2.45, 2.75) is 45.7 Å². The molecule has 6 nitrogen and oxygen atoms in total. The number of pyridine rings is 1. The molecule has 1 aromatic carbocycles. The van der Waals surface area contributed by atoms with Gasteiger partial charge in [-0.25, -0.2) is 9.37 Å². The van der Waals surface area contributed by atoms with Gasteiger partial charge in [0.15, 0.2) is 0 Å². The maximum atomic E-state index is 13.3. The molecule has 1 aliphatic heterocycles. The summed E-state index contributed by atoms with van der Waals surface area (Å²) < 4.78 is 19.0. The van der Waals surface area contributed by atoms with E-state index in [2.05, 4.69) is 10.3 Å². The Morgan fingerprint density at radius 1 is 1.30 bits per heavy atom. The molecule has 30 heavy (non-hydrogen) atoms. The summed E-state index contributed by atoms with van der Waals surface area (Å²) in [5, 5.41) is 2.91. The van der Waals surface area contributed by atoms with Crippen LogP contribution in [0.15, 0.2) is 30.3 Å². The number of anilines is 1. The standard InChI is InChI=1S/C22H25ClFN3O3/c1-13-12-30-21-17(27(13)18(28)11-23)10-15(9-14-5-7-16(24)8-6-14)19(25-21)20(29)26-22(2,3)4/h5-8,10,13H,9,11-12H2,1-4H3,(H,26,29)/t13-/m0/s1. The van der Waals surface area contributed by atoms with Crippen LogP contribution in [-0.4, -0.2) is 40.9 Å². The van der Waals surface area contributed by atoms with Gasteiger partial charge >= 0.3 is 0 Å². The van der Waals surface area contributed by atoms with E-state index in [0.29, 0.717) is 17.7 Å². The third kappa shape index (κ3) is 4.90. The lowest BCUT2D eigenvalue weighted by atomic mass is 10.0. The zero-order valence-corrected chi connectivity index (χ0v) is 18.2. The topological polar surface area (TPSA) is 71.5 Å². The van der Waals surface area contributed by atoms with E-state index in [-0.39, 0.29) is 47.7 Å². The van der Waals surface area contributed by atoms with Gasteiger partial charge < -0.3 is 15.0 Å². The molecule has 0 saturated carbocycles. The Morgan fingerprint density at radius 2 is 1.97 bits per heavy atom. The number of alkyl halides is 1. The number of benzene rings is 1. The first kappa shape index (κ1) is 22.0. The van der Waals surface area contributed by atoms with E-state index >= 15 is 0 Å². The van der Waals surface area contributed by atoms with Crippen molar-refractivity contribution in [3.8, 4) is 5.88 Å². The fourth-order valence-corrected chi connectivity index (χ4v) is 3.44. The molecular weight excluding hydrogens is 409 g/mol. The second-order valence-corrected chi connectivity index (χ2v) is 8.65. The molecule has 160 valence electrons. The highest BCUT2D eigenvalue weighted by Gasteiger charge is 2.32. The van der Waals surface area contributed by atoms with E-state index in [1.54, 1.807) is 23.1 Å². The Morgan fingerprint density at radius 3 is 2.57 bits per heavy atom. The van der Waals surface area contributed by atoms with Crippen molar-refractivity contribution in [1.82, 2.24) is 10.3 Å². The number of rotatable bonds is 4. The molecule has 1 N–H and O–H groups in total. The van der Waals surface area contributed by atoms with Gasteiger partial charge in [-0.2, -0.15) is 0 Å². The number of fused-ring (bicyclic) bond motifs is 1. The van der Waals surface area contributed by atoms with Crippen molar-refractivity contribution in [1.29, 1.82) is 0 Å². The van der Waals surface area contributed by atoms with Gasteiger partial charge in [0.25, 0.3) is 5.91 Å². The predicted octanol–water partition coefficient (Wildman–Crippen LogP) is 3.69. The van der Waals surface area contributed by atoms with Gasteiger partial charge in [0, 0.05) is 5.54 Å². The van der Waals surface area contributed by atoms with Crippen LogP contribution >= 0.6 is 11.6 Å². The lowest BCUT2D eigenvalue weighted by molar-refractivity contribution is -0.117. The van der Waals surface area contributed by atoms with Gasteiger partial charge in [0.2, 0.25) is 11.8 Å². The lowest BCUT2D eigenvalue weighted by Gasteiger charge is -2.34. The van der Waals surface area contributed by atoms with Gasteiger partial charge in [-0.05, 0) is 63.4 Å². The fraction of sp³-hybridized carbons (Fsp3) is 0.409. The third-order valence-electron chi connectivity index (χ3n) is 4.60. The van der Waals surface area contributed by atoms with Crippen LogP contribution in [0.2, 0.25) is 0 Å². The maximum absolute atomic E-state index is 13.3. The molecule has 2 aromatic rings. The van der Waals surface area contributed by atoms with E-state index in [1.807, 2.05) is 27.7 Å². The molecule has 0 bridgehead atoms. The van der Waals surface area contributed by atoms with Crippen molar-refractivity contribution < 1.29 is 18.7 Å². The minimum absolute atomic E-state index is 0.177. The highest BCUT2D eigenvalue weighted by Crippen LogP contribution is 2.35. The minimum atomic E-state index is -0.461. The van der Waals surface area contributed by atoms with E-state index < -0.39 is 5.54 Å². The Balaban J connectivity index is 2.10. The van der Waals surface area contributed by atoms with Crippen LogP contribution in [0.3, 0.4) is 0 Å². The van der Waals surface area contributed by atoms with Crippen LogP contribution in [-0.2, 0) is 11.2 Å². The van der Waals surface area contributed by atoms with Crippen LogP contribution in [0.4, 0.5) is 10.1 Å². The largest absolute Gasteiger partial charge is 0.474 e. The number of halogens is 2. The predicted molar refractivity (Wildman–Crippen MR) is 114 cm³/mol. The summed E-state index contributed by atoms with van der Waals surface area (Å²) in [6, 6.07) is 7.55. The summed E-state index contributed by atoms with van der Waals surface area (Å²) in [7, 11) is 0. The van der Waals surface area contributed by atoms with Crippen LogP contribution in [0, 0.1) is 5.82 Å². The zero-order valence-electron chi connectivity index (χ0n) is 17.5. The number of carbonyl (C=O) groups excluding carboxylic acids is 2. The van der Waals surface area contributed by atoms with Crippen molar-refractivity contribution >= 4 is 29.1 Å². The summed E-state index contributed by atoms with van der Waals surface area (Å²) in [6.07, 6.45) is 0.338. The van der Waals surface area contributed by atoms with Crippen LogP contribution < -0.4 is 15.0 Å². The summed E-state index contributed by atoms with van der Waals surface area (Å²) in [4.78, 5) is 31.4. The SMILES string of the molecule is C[C@H]1COc2nc(C(=O)NC(C)(C)C)c(Cc3ccc(F)cc3)cc2N1C(=O)CCl. The normalized spacial score (nSPS) is 15.9. The molecule has 0 radical (unpaired) electrons. The Labute approximate surface area is 180 Å². The maximum Gasteiger partial charge on any atom is 0.270 e. The van der Waals surface area contributed by atoms with E-state index in [9.17, 15) is 14.0 Å². The quantitative estimate of drug-likeness (QED) is 0.746. The van der Waals surface area contributed by atoms with Crippen molar-refractivity contribution in [2.75, 3.05) is 17.4 Å². The molecule has 2 heterocycles. The number of nitrogens with zero attached hydrogens (tertiary/aromatic N) is 2. The Kier molecular flexibility index (Phi) is 6.31. The molecule has 3 rings (SSSR count). The molecule has 0 aliphatic carbocycles. The average Bonchev–Trinajstić information content (AvgIpc) is 2.67. The lowest BCUT2D eigenvalue weighted by Crippen LogP contribution is -2.46. The minimum Gasteiger partial charge on any atom is -0.474 e. The first-order valence-electron chi connectivity index (χ1n) is 9.70. The number of hydrogen-bond donors (Lipinski definition) is 1. The Bertz CT molecular complexity index is 957. The number of aromatic nitrogens is 1.